The molecule has 4 aliphatic carbocycles. The topological polar surface area (TPSA) is 128 Å². The third kappa shape index (κ3) is 10.9. The predicted octanol–water partition coefficient (Wildman–Crippen LogP) is 9.24. The molecular formula is C49H62F5N5O6S3. The molecule has 68 heavy (non-hydrogen) atoms. The molecule has 372 valence electrons. The third-order valence-electron chi connectivity index (χ3n) is 14.9. The van der Waals surface area contributed by atoms with Crippen molar-refractivity contribution in [1.29, 1.82) is 0 Å². The van der Waals surface area contributed by atoms with E-state index in [0.717, 1.165) is 87.5 Å². The summed E-state index contributed by atoms with van der Waals surface area (Å²) in [4.78, 5) is 19.0. The molecule has 6 aliphatic rings. The van der Waals surface area contributed by atoms with Crippen LogP contribution in [0.1, 0.15) is 82.0 Å². The third-order valence-corrected chi connectivity index (χ3v) is 19.0. The molecule has 2 N–H and O–H groups in total. The Hall–Kier alpha value is -3.75. The molecule has 3 aromatic carbocycles. The van der Waals surface area contributed by atoms with Crippen molar-refractivity contribution in [2.75, 3.05) is 75.4 Å². The number of rotatable bonds is 18. The molecule has 9 rings (SSSR count). The summed E-state index contributed by atoms with van der Waals surface area (Å²) in [7, 11) is -9.27. The number of carbonyl (C=O) groups excluding carboxylic acids is 1. The first kappa shape index (κ1) is 50.6. The minimum atomic E-state index is -6.07. The molecule has 2 aliphatic heterocycles. The maximum atomic E-state index is 14.2. The Labute approximate surface area is 401 Å². The monoisotopic (exact) mass is 1010 g/mol. The molecule has 3 saturated carbocycles. The van der Waals surface area contributed by atoms with E-state index in [9.17, 15) is 43.6 Å². The number of nitrogens with zero attached hydrogens (tertiary/aromatic N) is 3. The Balaban J connectivity index is 0.916. The second-order valence-corrected chi connectivity index (χ2v) is 25.0. The van der Waals surface area contributed by atoms with Crippen molar-refractivity contribution in [2.24, 2.45) is 16.2 Å². The number of sulfone groups is 1. The Kier molecular flexibility index (Phi) is 14.7. The Bertz CT molecular complexity index is 2530. The molecule has 1 atom stereocenters. The van der Waals surface area contributed by atoms with Crippen LogP contribution in [-0.2, 0) is 24.6 Å². The maximum Gasteiger partial charge on any atom is 0.501 e. The van der Waals surface area contributed by atoms with Gasteiger partial charge in [-0.25, -0.2) is 30.3 Å². The zero-order valence-electron chi connectivity index (χ0n) is 38.8. The van der Waals surface area contributed by atoms with Crippen LogP contribution >= 0.6 is 11.8 Å². The number of sulfonamides is 1. The largest absolute Gasteiger partial charge is 0.501 e. The highest BCUT2D eigenvalue weighted by Crippen LogP contribution is 2.79. The molecule has 0 aromatic heterocycles. The number of ether oxygens (including phenoxy) is 1. The van der Waals surface area contributed by atoms with E-state index in [1.54, 1.807) is 19.2 Å². The number of piperazine rings is 1. The number of hydrogen-bond acceptors (Lipinski definition) is 11. The fourth-order valence-electron chi connectivity index (χ4n) is 11.0. The van der Waals surface area contributed by atoms with Gasteiger partial charge < -0.3 is 19.9 Å². The molecule has 19 heteroatoms. The number of methoxy groups -OCH3 is 1. The van der Waals surface area contributed by atoms with E-state index >= 15 is 0 Å². The van der Waals surface area contributed by atoms with Crippen molar-refractivity contribution in [3.63, 3.8) is 0 Å². The van der Waals surface area contributed by atoms with Crippen LogP contribution in [0.15, 0.2) is 98.6 Å². The average molecular weight is 1010 g/mol. The van der Waals surface area contributed by atoms with Crippen molar-refractivity contribution in [2.45, 2.75) is 110 Å². The lowest BCUT2D eigenvalue weighted by Crippen LogP contribution is -2.66. The van der Waals surface area contributed by atoms with E-state index in [1.807, 2.05) is 35.1 Å². The first-order valence-corrected chi connectivity index (χ1v) is 27.4. The molecule has 0 spiro atoms. The summed E-state index contributed by atoms with van der Waals surface area (Å²) < 4.78 is 131. The van der Waals surface area contributed by atoms with Gasteiger partial charge in [0.05, 0.1) is 16.7 Å². The van der Waals surface area contributed by atoms with E-state index in [0.29, 0.717) is 57.1 Å². The highest BCUT2D eigenvalue weighted by Gasteiger charge is 2.73. The summed E-state index contributed by atoms with van der Waals surface area (Å²) in [6.07, 6.45) is 4.81. The van der Waals surface area contributed by atoms with Crippen LogP contribution in [0, 0.1) is 16.2 Å². The van der Waals surface area contributed by atoms with Crippen LogP contribution in [0.3, 0.4) is 0 Å². The number of halogens is 5. The number of alkyl halides is 5. The van der Waals surface area contributed by atoms with E-state index in [4.69, 9.17) is 4.74 Å². The quantitative estimate of drug-likeness (QED) is 0.0720. The molecule has 2 heterocycles. The van der Waals surface area contributed by atoms with Gasteiger partial charge in [0.2, 0.25) is 6.43 Å². The highest BCUT2D eigenvalue weighted by molar-refractivity contribution is 7.99. The zero-order chi connectivity index (χ0) is 48.7. The standard InChI is InChI=1S/C49H62F5N5O6S3/c1-46(2)19-15-35(41(28-46)47-31-48(32-47,33-47)45(50)51)29-58-23-25-59(26-24-58)37-11-9-34(10-12-37)44(60)56-68(63,64)40-13-14-42(43(27-40)67(61,62)49(52,53)54)55-36(30-66-39-7-5-4-6-8-39)16-20-57-21-17-38(65-3)18-22-57/h4-14,27,36,38,45,55H,15-26,28-33H2,1-3H3,(H,56,60)/t36-,47?,48?/m1/s1. The average Bonchev–Trinajstić information content (AvgIpc) is 3.27. The number of carbonyl (C=O) groups is 1. The molecule has 0 unspecified atom stereocenters. The molecule has 2 saturated heterocycles. The van der Waals surface area contributed by atoms with E-state index in [-0.39, 0.29) is 22.5 Å². The highest BCUT2D eigenvalue weighted by atomic mass is 32.2. The molecule has 5 fully saturated rings. The van der Waals surface area contributed by atoms with Crippen molar-refractivity contribution in [1.82, 2.24) is 14.5 Å². The fraction of sp³-hybridized carbons (Fsp3) is 0.571. The number of anilines is 2. The van der Waals surface area contributed by atoms with Gasteiger partial charge in [0.1, 0.15) is 4.90 Å². The minimum Gasteiger partial charge on any atom is -0.381 e. The molecule has 2 bridgehead atoms. The van der Waals surface area contributed by atoms with Gasteiger partial charge in [-0.05, 0) is 123 Å². The van der Waals surface area contributed by atoms with Crippen LogP contribution in [0.25, 0.3) is 0 Å². The van der Waals surface area contributed by atoms with Crippen LogP contribution in [0.4, 0.5) is 33.3 Å². The smallest absolute Gasteiger partial charge is 0.381 e. The van der Waals surface area contributed by atoms with Gasteiger partial charge in [0, 0.05) is 92.8 Å². The lowest BCUT2D eigenvalue weighted by molar-refractivity contribution is -0.250. The van der Waals surface area contributed by atoms with Gasteiger partial charge in [-0.3, -0.25) is 9.69 Å². The van der Waals surface area contributed by atoms with E-state index in [2.05, 4.69) is 33.9 Å². The van der Waals surface area contributed by atoms with Gasteiger partial charge in [-0.1, -0.05) is 43.2 Å². The van der Waals surface area contributed by atoms with E-state index in [1.165, 1.54) is 35.0 Å². The van der Waals surface area contributed by atoms with Crippen LogP contribution < -0.4 is 14.9 Å². The van der Waals surface area contributed by atoms with Gasteiger partial charge in [-0.15, -0.1) is 11.8 Å². The molecule has 11 nitrogen and oxygen atoms in total. The predicted molar refractivity (Wildman–Crippen MR) is 254 cm³/mol. The van der Waals surface area contributed by atoms with Crippen molar-refractivity contribution in [3.05, 3.63) is 89.5 Å². The van der Waals surface area contributed by atoms with Crippen molar-refractivity contribution >= 4 is 48.9 Å². The number of likely N-dealkylation sites (tertiary alicyclic amines) is 1. The first-order valence-electron chi connectivity index (χ1n) is 23.4. The van der Waals surface area contributed by atoms with Crippen molar-refractivity contribution in [3.8, 4) is 0 Å². The molecule has 0 radical (unpaired) electrons. The number of benzene rings is 3. The lowest BCUT2D eigenvalue weighted by atomic mass is 9.32. The van der Waals surface area contributed by atoms with Gasteiger partial charge >= 0.3 is 5.51 Å². The summed E-state index contributed by atoms with van der Waals surface area (Å²) in [6, 6.07) is 17.6. The Morgan fingerprint density at radius 3 is 2.16 bits per heavy atom. The Morgan fingerprint density at radius 1 is 0.882 bits per heavy atom. The fourth-order valence-corrected chi connectivity index (χ4v) is 14.0. The Morgan fingerprint density at radius 2 is 1.54 bits per heavy atom. The zero-order valence-corrected chi connectivity index (χ0v) is 41.2. The normalized spacial score (nSPS) is 24.3. The minimum absolute atomic E-state index is 0.0236. The maximum absolute atomic E-state index is 14.2. The summed E-state index contributed by atoms with van der Waals surface area (Å²) in [5, 5.41) is 3.01. The van der Waals surface area contributed by atoms with Crippen LogP contribution in [0.2, 0.25) is 0 Å². The molecular weight excluding hydrogens is 946 g/mol. The summed E-state index contributed by atoms with van der Waals surface area (Å²) in [5.41, 5.74) is -3.20. The lowest BCUT2D eigenvalue weighted by Gasteiger charge is -2.72. The number of thioether (sulfide) groups is 1. The molecule has 3 aromatic rings. The first-order chi connectivity index (χ1) is 32.1. The number of hydrogen-bond donors (Lipinski definition) is 2. The van der Waals surface area contributed by atoms with Crippen LogP contribution in [-0.4, -0.2) is 122 Å². The second kappa shape index (κ2) is 19.8. The van der Waals surface area contributed by atoms with Gasteiger partial charge in [-0.2, -0.15) is 13.2 Å². The summed E-state index contributed by atoms with van der Waals surface area (Å²) in [5.74, 6) is -0.678. The van der Waals surface area contributed by atoms with Gasteiger partial charge in [0.15, 0.2) is 0 Å². The SMILES string of the molecule is COC1CCN(CC[C@H](CSc2ccccc2)Nc2ccc(S(=O)(=O)NC(=O)c3ccc(N4CCN(CC5=C(C67CC(C(F)F)(C6)C7)CC(C)(C)CC5)CC4)cc3)cc2S(=O)(=O)C(F)(F)F)CC1. The number of piperidine rings is 1. The van der Waals surface area contributed by atoms with Crippen LogP contribution in [0.5, 0.6) is 0 Å². The number of amides is 1. The van der Waals surface area contributed by atoms with Gasteiger partial charge in [0.25, 0.3) is 25.8 Å². The second-order valence-electron chi connectivity index (χ2n) is 20.3. The van der Waals surface area contributed by atoms with Crippen molar-refractivity contribution < 1.29 is 48.3 Å². The number of allylic oxidation sites excluding steroid dienone is 1. The molecule has 1 amide bonds. The number of nitrogens with one attached hydrogen (secondary N) is 2. The summed E-state index contributed by atoms with van der Waals surface area (Å²) in [6.45, 7) is 10.4. The van der Waals surface area contributed by atoms with E-state index < -0.39 is 64.6 Å². The summed E-state index contributed by atoms with van der Waals surface area (Å²) >= 11 is 1.45.